The molecule has 1 saturated heterocycles. The van der Waals surface area contributed by atoms with Crippen LogP contribution in [0.2, 0.25) is 0 Å². The maximum atomic E-state index is 5.22. The van der Waals surface area contributed by atoms with Gasteiger partial charge in [0.05, 0.1) is 19.4 Å². The molecule has 1 aliphatic rings. The third-order valence-corrected chi connectivity index (χ3v) is 2.92. The van der Waals surface area contributed by atoms with Gasteiger partial charge in [-0.1, -0.05) is 13.8 Å². The summed E-state index contributed by atoms with van der Waals surface area (Å²) in [6, 6.07) is 0. The molecule has 0 spiro atoms. The van der Waals surface area contributed by atoms with Crippen molar-refractivity contribution in [2.45, 2.75) is 33.4 Å². The minimum Gasteiger partial charge on any atom is -0.380 e. The van der Waals surface area contributed by atoms with Crippen molar-refractivity contribution in [3.05, 3.63) is 18.0 Å². The number of nitrogens with one attached hydrogen (secondary N) is 1. The number of hydrogen-bond donors (Lipinski definition) is 1. The van der Waals surface area contributed by atoms with Crippen molar-refractivity contribution in [2.75, 3.05) is 19.8 Å². The molecular weight excluding hydrogens is 202 g/mol. The van der Waals surface area contributed by atoms with E-state index in [1.54, 1.807) is 0 Å². The SMILES string of the molecule is CCCn1cc(CNCC2(C)COC2)cn1. The van der Waals surface area contributed by atoms with Crippen LogP contribution in [0.1, 0.15) is 25.8 Å². The summed E-state index contributed by atoms with van der Waals surface area (Å²) in [7, 11) is 0. The predicted molar refractivity (Wildman–Crippen MR) is 63.2 cm³/mol. The quantitative estimate of drug-likeness (QED) is 0.792. The predicted octanol–water partition coefficient (Wildman–Crippen LogP) is 1.42. The van der Waals surface area contributed by atoms with Crippen molar-refractivity contribution in [1.29, 1.82) is 0 Å². The first kappa shape index (κ1) is 11.6. The Morgan fingerprint density at radius 1 is 1.56 bits per heavy atom. The van der Waals surface area contributed by atoms with Crippen LogP contribution in [-0.2, 0) is 17.8 Å². The fraction of sp³-hybridized carbons (Fsp3) is 0.750. The van der Waals surface area contributed by atoms with E-state index in [2.05, 4.69) is 30.5 Å². The third-order valence-electron chi connectivity index (χ3n) is 2.92. The van der Waals surface area contributed by atoms with Crippen LogP contribution in [0.15, 0.2) is 12.4 Å². The first-order chi connectivity index (χ1) is 7.72. The van der Waals surface area contributed by atoms with Crippen LogP contribution in [0, 0.1) is 5.41 Å². The highest BCUT2D eigenvalue weighted by atomic mass is 16.5. The molecule has 16 heavy (non-hydrogen) atoms. The van der Waals surface area contributed by atoms with Gasteiger partial charge in [0.15, 0.2) is 0 Å². The number of rotatable bonds is 6. The van der Waals surface area contributed by atoms with Gasteiger partial charge in [0.2, 0.25) is 0 Å². The van der Waals surface area contributed by atoms with Crippen LogP contribution in [0.25, 0.3) is 0 Å². The molecule has 1 aliphatic heterocycles. The summed E-state index contributed by atoms with van der Waals surface area (Å²) in [4.78, 5) is 0. The second kappa shape index (κ2) is 4.97. The molecule has 0 saturated carbocycles. The van der Waals surface area contributed by atoms with Gasteiger partial charge >= 0.3 is 0 Å². The molecule has 90 valence electrons. The molecule has 2 rings (SSSR count). The Kier molecular flexibility index (Phi) is 3.61. The van der Waals surface area contributed by atoms with Crippen LogP contribution < -0.4 is 5.32 Å². The fourth-order valence-electron chi connectivity index (χ4n) is 1.91. The zero-order chi connectivity index (χ0) is 11.4. The number of aromatic nitrogens is 2. The van der Waals surface area contributed by atoms with Crippen molar-refractivity contribution in [1.82, 2.24) is 15.1 Å². The van der Waals surface area contributed by atoms with Crippen molar-refractivity contribution in [3.63, 3.8) is 0 Å². The van der Waals surface area contributed by atoms with Gasteiger partial charge in [-0.25, -0.2) is 0 Å². The average Bonchev–Trinajstić information content (AvgIpc) is 2.64. The molecule has 4 heteroatoms. The number of aryl methyl sites for hydroxylation is 1. The fourth-order valence-corrected chi connectivity index (χ4v) is 1.91. The molecule has 1 N–H and O–H groups in total. The average molecular weight is 223 g/mol. The molecule has 0 bridgehead atoms. The summed E-state index contributed by atoms with van der Waals surface area (Å²) >= 11 is 0. The Labute approximate surface area is 97.0 Å². The van der Waals surface area contributed by atoms with Gasteiger partial charge in [-0.15, -0.1) is 0 Å². The molecule has 4 nitrogen and oxygen atoms in total. The molecule has 1 aromatic heterocycles. The Balaban J connectivity index is 1.72. The molecule has 1 fully saturated rings. The largest absolute Gasteiger partial charge is 0.380 e. The molecule has 0 aliphatic carbocycles. The lowest BCUT2D eigenvalue weighted by molar-refractivity contribution is -0.0991. The zero-order valence-electron chi connectivity index (χ0n) is 10.2. The molecule has 0 amide bonds. The molecule has 0 atom stereocenters. The van der Waals surface area contributed by atoms with Crippen molar-refractivity contribution in [2.24, 2.45) is 5.41 Å². The molecule has 0 radical (unpaired) electrons. The lowest BCUT2D eigenvalue weighted by atomic mass is 9.89. The molecular formula is C12H21N3O. The van der Waals surface area contributed by atoms with E-state index in [-0.39, 0.29) is 0 Å². The minimum atomic E-state index is 0.347. The summed E-state index contributed by atoms with van der Waals surface area (Å²) in [6.45, 7) is 9.11. The van der Waals surface area contributed by atoms with Crippen molar-refractivity contribution < 1.29 is 4.74 Å². The second-order valence-electron chi connectivity index (χ2n) is 5.02. The van der Waals surface area contributed by atoms with E-state index in [0.717, 1.165) is 39.3 Å². The van der Waals surface area contributed by atoms with Gasteiger partial charge in [-0.2, -0.15) is 5.10 Å². The number of ether oxygens (including phenoxy) is 1. The topological polar surface area (TPSA) is 39.1 Å². The number of nitrogens with zero attached hydrogens (tertiary/aromatic N) is 2. The standard InChI is InChI=1S/C12H21N3O/c1-3-4-15-7-11(6-14-15)5-13-8-12(2)9-16-10-12/h6-7,13H,3-5,8-10H2,1-2H3. The first-order valence-corrected chi connectivity index (χ1v) is 6.02. The second-order valence-corrected chi connectivity index (χ2v) is 5.02. The van der Waals surface area contributed by atoms with Gasteiger partial charge in [-0.05, 0) is 6.42 Å². The van der Waals surface area contributed by atoms with Gasteiger partial charge in [-0.3, -0.25) is 4.68 Å². The Morgan fingerprint density at radius 3 is 3.00 bits per heavy atom. The molecule has 0 aromatic carbocycles. The third kappa shape index (κ3) is 2.83. The summed E-state index contributed by atoms with van der Waals surface area (Å²) < 4.78 is 7.23. The zero-order valence-corrected chi connectivity index (χ0v) is 10.2. The lowest BCUT2D eigenvalue weighted by Gasteiger charge is -2.38. The molecule has 0 unspecified atom stereocenters. The smallest absolute Gasteiger partial charge is 0.0554 e. The van der Waals surface area contributed by atoms with Gasteiger partial charge in [0.25, 0.3) is 0 Å². The Bertz CT molecular complexity index is 331. The minimum absolute atomic E-state index is 0.347. The van der Waals surface area contributed by atoms with Crippen molar-refractivity contribution in [3.8, 4) is 0 Å². The highest BCUT2D eigenvalue weighted by Gasteiger charge is 2.32. The van der Waals surface area contributed by atoms with Crippen LogP contribution in [0.4, 0.5) is 0 Å². The Morgan fingerprint density at radius 2 is 2.38 bits per heavy atom. The van der Waals surface area contributed by atoms with Crippen molar-refractivity contribution >= 4 is 0 Å². The molecule has 2 heterocycles. The van der Waals surface area contributed by atoms with E-state index in [4.69, 9.17) is 4.74 Å². The normalized spacial score (nSPS) is 18.4. The highest BCUT2D eigenvalue weighted by molar-refractivity contribution is 5.03. The van der Waals surface area contributed by atoms with Crippen LogP contribution >= 0.6 is 0 Å². The van der Waals surface area contributed by atoms with E-state index in [0.29, 0.717) is 5.41 Å². The lowest BCUT2D eigenvalue weighted by Crippen LogP contribution is -2.47. The van der Waals surface area contributed by atoms with Gasteiger partial charge in [0, 0.05) is 36.8 Å². The van der Waals surface area contributed by atoms with E-state index >= 15 is 0 Å². The summed E-state index contributed by atoms with van der Waals surface area (Å²) in [5.41, 5.74) is 1.61. The van der Waals surface area contributed by atoms with E-state index in [9.17, 15) is 0 Å². The van der Waals surface area contributed by atoms with Gasteiger partial charge < -0.3 is 10.1 Å². The maximum absolute atomic E-state index is 5.22. The van der Waals surface area contributed by atoms with Crippen LogP contribution in [-0.4, -0.2) is 29.5 Å². The van der Waals surface area contributed by atoms with E-state index < -0.39 is 0 Å². The molecule has 1 aromatic rings. The first-order valence-electron chi connectivity index (χ1n) is 6.02. The van der Waals surface area contributed by atoms with E-state index in [1.807, 2.05) is 10.9 Å². The monoisotopic (exact) mass is 223 g/mol. The van der Waals surface area contributed by atoms with Crippen LogP contribution in [0.5, 0.6) is 0 Å². The highest BCUT2D eigenvalue weighted by Crippen LogP contribution is 2.25. The van der Waals surface area contributed by atoms with E-state index in [1.165, 1.54) is 5.56 Å². The number of hydrogen-bond acceptors (Lipinski definition) is 3. The summed E-state index contributed by atoms with van der Waals surface area (Å²) in [5.74, 6) is 0. The summed E-state index contributed by atoms with van der Waals surface area (Å²) in [6.07, 6.45) is 5.20. The Hall–Kier alpha value is -0.870. The van der Waals surface area contributed by atoms with Crippen LogP contribution in [0.3, 0.4) is 0 Å². The van der Waals surface area contributed by atoms with Gasteiger partial charge in [0.1, 0.15) is 0 Å². The summed E-state index contributed by atoms with van der Waals surface area (Å²) in [5, 5.41) is 7.77. The maximum Gasteiger partial charge on any atom is 0.0554 e.